The first kappa shape index (κ1) is 14.3. The summed E-state index contributed by atoms with van der Waals surface area (Å²) in [5.74, 6) is 1.55. The molecule has 2 aliphatic carbocycles. The molecular formula is C15H29NO2. The summed E-state index contributed by atoms with van der Waals surface area (Å²) in [6.45, 7) is 5.14. The molecular weight excluding hydrogens is 226 g/mol. The van der Waals surface area contributed by atoms with Crippen LogP contribution in [0.3, 0.4) is 0 Å². The third-order valence-corrected chi connectivity index (χ3v) is 4.75. The van der Waals surface area contributed by atoms with Gasteiger partial charge < -0.3 is 15.2 Å². The molecule has 106 valence electrons. The van der Waals surface area contributed by atoms with Crippen molar-refractivity contribution in [1.82, 2.24) is 5.32 Å². The van der Waals surface area contributed by atoms with Crippen LogP contribution in [0.5, 0.6) is 0 Å². The van der Waals surface area contributed by atoms with E-state index in [4.69, 9.17) is 4.74 Å². The van der Waals surface area contributed by atoms with Gasteiger partial charge in [-0.05, 0) is 44.1 Å². The van der Waals surface area contributed by atoms with E-state index in [9.17, 15) is 5.11 Å². The quantitative estimate of drug-likeness (QED) is 0.621. The maximum atomic E-state index is 9.70. The number of aliphatic hydroxyl groups is 1. The fourth-order valence-corrected chi connectivity index (χ4v) is 3.40. The van der Waals surface area contributed by atoms with Gasteiger partial charge in [0.15, 0.2) is 0 Å². The molecule has 2 unspecified atom stereocenters. The third kappa shape index (κ3) is 3.69. The molecule has 0 radical (unpaired) electrons. The molecule has 2 saturated carbocycles. The Bertz CT molecular complexity index is 243. The molecule has 0 aromatic heterocycles. The lowest BCUT2D eigenvalue weighted by Crippen LogP contribution is -2.51. The highest BCUT2D eigenvalue weighted by Crippen LogP contribution is 2.37. The molecule has 3 heteroatoms. The number of nitrogens with one attached hydrogen (secondary N) is 1. The standard InChI is InChI=1S/C15H29NO2/c1-2-16-15(12-17)9-3-4-14(15)8-11-18-10-7-13-5-6-13/h13-14,16-17H,2-12H2,1H3. The minimum absolute atomic E-state index is 0.0192. The molecule has 2 N–H and O–H groups in total. The van der Waals surface area contributed by atoms with Crippen LogP contribution in [0.15, 0.2) is 0 Å². The number of ether oxygens (including phenoxy) is 1. The number of aliphatic hydroxyl groups excluding tert-OH is 1. The minimum atomic E-state index is -0.0192. The first-order chi connectivity index (χ1) is 8.80. The van der Waals surface area contributed by atoms with Crippen LogP contribution in [-0.4, -0.2) is 37.0 Å². The summed E-state index contributed by atoms with van der Waals surface area (Å²) in [6, 6.07) is 0. The zero-order chi connectivity index (χ0) is 12.8. The van der Waals surface area contributed by atoms with Gasteiger partial charge in [-0.15, -0.1) is 0 Å². The highest BCUT2D eigenvalue weighted by Gasteiger charge is 2.41. The Morgan fingerprint density at radius 3 is 2.67 bits per heavy atom. The summed E-state index contributed by atoms with van der Waals surface area (Å²) >= 11 is 0. The van der Waals surface area contributed by atoms with Crippen LogP contribution in [0.1, 0.15) is 51.9 Å². The first-order valence-electron chi connectivity index (χ1n) is 7.74. The monoisotopic (exact) mass is 255 g/mol. The summed E-state index contributed by atoms with van der Waals surface area (Å²) in [4.78, 5) is 0. The lowest BCUT2D eigenvalue weighted by Gasteiger charge is -2.34. The fourth-order valence-electron chi connectivity index (χ4n) is 3.40. The Balaban J connectivity index is 1.65. The van der Waals surface area contributed by atoms with Crippen LogP contribution in [-0.2, 0) is 4.74 Å². The van der Waals surface area contributed by atoms with E-state index in [1.54, 1.807) is 0 Å². The fraction of sp³-hybridized carbons (Fsp3) is 1.00. The number of hydrogen-bond donors (Lipinski definition) is 2. The molecule has 18 heavy (non-hydrogen) atoms. The molecule has 0 aromatic carbocycles. The molecule has 0 heterocycles. The van der Waals surface area contributed by atoms with Gasteiger partial charge in [0.25, 0.3) is 0 Å². The Labute approximate surface area is 111 Å². The van der Waals surface area contributed by atoms with Gasteiger partial charge in [0.05, 0.1) is 6.61 Å². The Hall–Kier alpha value is -0.120. The lowest BCUT2D eigenvalue weighted by atomic mass is 9.85. The molecule has 0 bridgehead atoms. The Kier molecular flexibility index (Phi) is 5.46. The van der Waals surface area contributed by atoms with Gasteiger partial charge >= 0.3 is 0 Å². The van der Waals surface area contributed by atoms with Crippen molar-refractivity contribution in [3.63, 3.8) is 0 Å². The van der Waals surface area contributed by atoms with Crippen LogP contribution in [0.2, 0.25) is 0 Å². The van der Waals surface area contributed by atoms with Crippen molar-refractivity contribution in [3.8, 4) is 0 Å². The van der Waals surface area contributed by atoms with Crippen molar-refractivity contribution in [3.05, 3.63) is 0 Å². The van der Waals surface area contributed by atoms with Crippen molar-refractivity contribution >= 4 is 0 Å². The zero-order valence-corrected chi connectivity index (χ0v) is 11.8. The molecule has 2 fully saturated rings. The van der Waals surface area contributed by atoms with Crippen LogP contribution in [0.4, 0.5) is 0 Å². The van der Waals surface area contributed by atoms with E-state index in [0.29, 0.717) is 5.92 Å². The van der Waals surface area contributed by atoms with Crippen molar-refractivity contribution in [2.75, 3.05) is 26.4 Å². The van der Waals surface area contributed by atoms with E-state index in [1.807, 2.05) is 0 Å². The smallest absolute Gasteiger partial charge is 0.0616 e. The molecule has 0 aliphatic heterocycles. The van der Waals surface area contributed by atoms with E-state index < -0.39 is 0 Å². The van der Waals surface area contributed by atoms with Gasteiger partial charge in [0.2, 0.25) is 0 Å². The molecule has 2 rings (SSSR count). The number of likely N-dealkylation sites (N-methyl/N-ethyl adjacent to an activating group) is 1. The summed E-state index contributed by atoms with van der Waals surface area (Å²) < 4.78 is 5.75. The topological polar surface area (TPSA) is 41.5 Å². The largest absolute Gasteiger partial charge is 0.394 e. The van der Waals surface area contributed by atoms with Gasteiger partial charge in [-0.25, -0.2) is 0 Å². The van der Waals surface area contributed by atoms with Crippen LogP contribution in [0.25, 0.3) is 0 Å². The van der Waals surface area contributed by atoms with E-state index in [-0.39, 0.29) is 12.1 Å². The summed E-state index contributed by atoms with van der Waals surface area (Å²) in [5.41, 5.74) is -0.0192. The Morgan fingerprint density at radius 1 is 1.22 bits per heavy atom. The summed E-state index contributed by atoms with van der Waals surface area (Å²) in [6.07, 6.45) is 8.77. The van der Waals surface area contributed by atoms with Crippen molar-refractivity contribution in [2.45, 2.75) is 57.4 Å². The first-order valence-corrected chi connectivity index (χ1v) is 7.74. The molecule has 3 nitrogen and oxygen atoms in total. The average molecular weight is 255 g/mol. The average Bonchev–Trinajstić information content (AvgIpc) is 3.12. The minimum Gasteiger partial charge on any atom is -0.394 e. The highest BCUT2D eigenvalue weighted by molar-refractivity contribution is 4.98. The lowest BCUT2D eigenvalue weighted by molar-refractivity contribution is 0.0775. The van der Waals surface area contributed by atoms with E-state index in [1.165, 1.54) is 32.1 Å². The molecule has 0 spiro atoms. The van der Waals surface area contributed by atoms with E-state index in [2.05, 4.69) is 12.2 Å². The summed E-state index contributed by atoms with van der Waals surface area (Å²) in [5, 5.41) is 13.2. The molecule has 0 amide bonds. The number of rotatable bonds is 9. The van der Waals surface area contributed by atoms with Gasteiger partial charge in [-0.2, -0.15) is 0 Å². The second-order valence-corrected chi connectivity index (χ2v) is 6.07. The highest BCUT2D eigenvalue weighted by atomic mass is 16.5. The van der Waals surface area contributed by atoms with E-state index in [0.717, 1.165) is 38.5 Å². The Morgan fingerprint density at radius 2 is 2.00 bits per heavy atom. The molecule has 0 saturated heterocycles. The van der Waals surface area contributed by atoms with Crippen molar-refractivity contribution in [1.29, 1.82) is 0 Å². The van der Waals surface area contributed by atoms with Gasteiger partial charge in [-0.3, -0.25) is 0 Å². The van der Waals surface area contributed by atoms with Crippen molar-refractivity contribution < 1.29 is 9.84 Å². The maximum Gasteiger partial charge on any atom is 0.0616 e. The normalized spacial score (nSPS) is 32.0. The predicted octanol–water partition coefficient (Wildman–Crippen LogP) is 2.33. The van der Waals surface area contributed by atoms with Crippen LogP contribution < -0.4 is 5.32 Å². The molecule has 2 aliphatic rings. The SMILES string of the molecule is CCNC1(CO)CCCC1CCOCCC1CC1. The van der Waals surface area contributed by atoms with E-state index >= 15 is 0 Å². The van der Waals surface area contributed by atoms with Crippen molar-refractivity contribution in [2.24, 2.45) is 11.8 Å². The van der Waals surface area contributed by atoms with Gasteiger partial charge in [-0.1, -0.05) is 26.2 Å². The predicted molar refractivity (Wildman–Crippen MR) is 73.6 cm³/mol. The molecule has 0 aromatic rings. The molecule has 2 atom stereocenters. The van der Waals surface area contributed by atoms with Crippen LogP contribution >= 0.6 is 0 Å². The third-order valence-electron chi connectivity index (χ3n) is 4.75. The second-order valence-electron chi connectivity index (χ2n) is 6.07. The number of hydrogen-bond acceptors (Lipinski definition) is 3. The summed E-state index contributed by atoms with van der Waals surface area (Å²) in [7, 11) is 0. The van der Waals surface area contributed by atoms with Gasteiger partial charge in [0.1, 0.15) is 0 Å². The van der Waals surface area contributed by atoms with Gasteiger partial charge in [0, 0.05) is 18.8 Å². The van der Waals surface area contributed by atoms with Crippen LogP contribution in [0, 0.1) is 11.8 Å². The zero-order valence-electron chi connectivity index (χ0n) is 11.8. The maximum absolute atomic E-state index is 9.70. The second kappa shape index (κ2) is 6.88.